The minimum atomic E-state index is -0.218. The standard InChI is InChI=1S/C25H20N2O2S/c1-14-11-16(12-20-23(28)18-8-3-4-9-19(18)24(20)29)15(2)27(14)25-21(13-26)17-7-5-6-10-22(17)30-25/h3-4,8-9,11-12H,5-7,10H2,1-2H3. The van der Waals surface area contributed by atoms with Crippen LogP contribution in [0.15, 0.2) is 35.9 Å². The molecule has 0 saturated carbocycles. The molecular formula is C25H20N2O2S. The molecule has 2 aliphatic rings. The zero-order valence-electron chi connectivity index (χ0n) is 16.9. The summed E-state index contributed by atoms with van der Waals surface area (Å²) in [5.41, 5.74) is 5.90. The molecule has 2 aliphatic carbocycles. The maximum Gasteiger partial charge on any atom is 0.197 e. The summed E-state index contributed by atoms with van der Waals surface area (Å²) >= 11 is 1.70. The van der Waals surface area contributed by atoms with Crippen molar-refractivity contribution < 1.29 is 9.59 Å². The van der Waals surface area contributed by atoms with Crippen molar-refractivity contribution >= 4 is 29.0 Å². The Balaban J connectivity index is 1.63. The number of hydrogen-bond acceptors (Lipinski definition) is 4. The molecule has 0 fully saturated rings. The Bertz CT molecular complexity index is 1280. The number of carbonyl (C=O) groups is 2. The Morgan fingerprint density at radius 1 is 1.07 bits per heavy atom. The highest BCUT2D eigenvalue weighted by Crippen LogP contribution is 2.38. The molecule has 0 radical (unpaired) electrons. The SMILES string of the molecule is Cc1cc(C=C2C(=O)c3ccccc3C2=O)c(C)n1-c1sc2c(c1C#N)CCCC2. The lowest BCUT2D eigenvalue weighted by Gasteiger charge is -2.10. The van der Waals surface area contributed by atoms with Gasteiger partial charge in [-0.05, 0) is 62.8 Å². The van der Waals surface area contributed by atoms with E-state index in [4.69, 9.17) is 0 Å². The normalized spacial score (nSPS) is 15.2. The van der Waals surface area contributed by atoms with E-state index in [2.05, 4.69) is 10.6 Å². The summed E-state index contributed by atoms with van der Waals surface area (Å²) in [4.78, 5) is 26.9. The van der Waals surface area contributed by atoms with Crippen molar-refractivity contribution in [2.45, 2.75) is 39.5 Å². The minimum absolute atomic E-state index is 0.211. The highest BCUT2D eigenvalue weighted by atomic mass is 32.1. The fraction of sp³-hybridized carbons (Fsp3) is 0.240. The molecule has 0 unspecified atom stereocenters. The summed E-state index contributed by atoms with van der Waals surface area (Å²) in [7, 11) is 0. The van der Waals surface area contributed by atoms with Crippen molar-refractivity contribution in [1.29, 1.82) is 5.26 Å². The van der Waals surface area contributed by atoms with Gasteiger partial charge in [-0.15, -0.1) is 11.3 Å². The van der Waals surface area contributed by atoms with Crippen molar-refractivity contribution in [3.05, 3.63) is 80.0 Å². The van der Waals surface area contributed by atoms with Crippen LogP contribution in [0, 0.1) is 25.2 Å². The van der Waals surface area contributed by atoms with E-state index in [-0.39, 0.29) is 17.1 Å². The molecule has 1 aromatic carbocycles. The van der Waals surface area contributed by atoms with Crippen LogP contribution in [0.3, 0.4) is 0 Å². The molecule has 2 heterocycles. The van der Waals surface area contributed by atoms with Gasteiger partial charge in [0.1, 0.15) is 11.1 Å². The van der Waals surface area contributed by atoms with Gasteiger partial charge in [-0.2, -0.15) is 5.26 Å². The second kappa shape index (κ2) is 6.93. The third-order valence-corrected chi connectivity index (χ3v) is 7.42. The average Bonchev–Trinajstić information content (AvgIpc) is 3.34. The maximum atomic E-state index is 12.8. The maximum absolute atomic E-state index is 12.8. The molecule has 4 nitrogen and oxygen atoms in total. The monoisotopic (exact) mass is 412 g/mol. The predicted molar refractivity (Wildman–Crippen MR) is 118 cm³/mol. The van der Waals surface area contributed by atoms with Gasteiger partial charge in [0.15, 0.2) is 11.6 Å². The van der Waals surface area contributed by atoms with E-state index < -0.39 is 0 Å². The van der Waals surface area contributed by atoms with E-state index in [9.17, 15) is 14.9 Å². The lowest BCUT2D eigenvalue weighted by atomic mass is 9.96. The molecule has 2 aromatic heterocycles. The zero-order valence-corrected chi connectivity index (χ0v) is 17.7. The molecular weight excluding hydrogens is 392 g/mol. The van der Waals surface area contributed by atoms with E-state index in [1.165, 1.54) is 16.9 Å². The van der Waals surface area contributed by atoms with Gasteiger partial charge in [0.05, 0.1) is 11.1 Å². The van der Waals surface area contributed by atoms with Gasteiger partial charge in [0.2, 0.25) is 0 Å². The molecule has 0 aliphatic heterocycles. The van der Waals surface area contributed by atoms with E-state index in [1.807, 2.05) is 19.9 Å². The highest BCUT2D eigenvalue weighted by molar-refractivity contribution is 7.15. The summed E-state index contributed by atoms with van der Waals surface area (Å²) in [6.45, 7) is 3.98. The van der Waals surface area contributed by atoms with Gasteiger partial charge in [-0.3, -0.25) is 9.59 Å². The van der Waals surface area contributed by atoms with Crippen LogP contribution in [0.4, 0.5) is 0 Å². The first-order chi connectivity index (χ1) is 14.5. The molecule has 30 heavy (non-hydrogen) atoms. The molecule has 0 spiro atoms. The third-order valence-electron chi connectivity index (χ3n) is 6.14. The van der Waals surface area contributed by atoms with Crippen LogP contribution in [0.1, 0.15) is 66.5 Å². The molecule has 5 rings (SSSR count). The van der Waals surface area contributed by atoms with Gasteiger partial charge in [0, 0.05) is 27.4 Å². The number of carbonyl (C=O) groups excluding carboxylic acids is 2. The number of nitrogens with zero attached hydrogens (tertiary/aromatic N) is 2. The first kappa shape index (κ1) is 18.8. The van der Waals surface area contributed by atoms with Crippen LogP contribution >= 0.6 is 11.3 Å². The van der Waals surface area contributed by atoms with Crippen LogP contribution < -0.4 is 0 Å². The molecule has 0 atom stereocenters. The number of fused-ring (bicyclic) bond motifs is 2. The third kappa shape index (κ3) is 2.64. The highest BCUT2D eigenvalue weighted by Gasteiger charge is 2.33. The quantitative estimate of drug-likeness (QED) is 0.420. The van der Waals surface area contributed by atoms with Crippen molar-refractivity contribution in [3.63, 3.8) is 0 Å². The fourth-order valence-electron chi connectivity index (χ4n) is 4.63. The minimum Gasteiger partial charge on any atom is -0.308 e. The summed E-state index contributed by atoms with van der Waals surface area (Å²) in [6.07, 6.45) is 6.01. The number of nitriles is 1. The Hall–Kier alpha value is -3.23. The number of aryl methyl sites for hydroxylation is 2. The summed E-state index contributed by atoms with van der Waals surface area (Å²) in [5, 5.41) is 10.8. The lowest BCUT2D eigenvalue weighted by Crippen LogP contribution is -2.02. The largest absolute Gasteiger partial charge is 0.308 e. The number of Topliss-reactive ketones (excluding diaryl/α,β-unsaturated/α-hetero) is 2. The number of ketones is 2. The topological polar surface area (TPSA) is 62.9 Å². The van der Waals surface area contributed by atoms with Gasteiger partial charge in [-0.25, -0.2) is 0 Å². The first-order valence-electron chi connectivity index (χ1n) is 10.2. The lowest BCUT2D eigenvalue weighted by molar-refractivity contribution is 0.0990. The molecule has 3 aromatic rings. The molecule has 0 bridgehead atoms. The smallest absolute Gasteiger partial charge is 0.197 e. The molecule has 148 valence electrons. The predicted octanol–water partition coefficient (Wildman–Crippen LogP) is 5.37. The second-order valence-electron chi connectivity index (χ2n) is 7.93. The average molecular weight is 413 g/mol. The van der Waals surface area contributed by atoms with Gasteiger partial charge in [-0.1, -0.05) is 24.3 Å². The second-order valence-corrected chi connectivity index (χ2v) is 9.01. The number of rotatable bonds is 2. The van der Waals surface area contributed by atoms with Crippen molar-refractivity contribution in [1.82, 2.24) is 4.57 Å². The van der Waals surface area contributed by atoms with Crippen LogP contribution in [-0.2, 0) is 12.8 Å². The Morgan fingerprint density at radius 2 is 1.73 bits per heavy atom. The molecule has 0 amide bonds. The number of benzene rings is 1. The Labute approximate surface area is 179 Å². The van der Waals surface area contributed by atoms with Crippen LogP contribution in [-0.4, -0.2) is 16.1 Å². The molecule has 5 heteroatoms. The number of allylic oxidation sites excluding steroid dienone is 1. The fourth-order valence-corrected chi connectivity index (χ4v) is 6.08. The van der Waals surface area contributed by atoms with E-state index >= 15 is 0 Å². The van der Waals surface area contributed by atoms with Crippen molar-refractivity contribution in [2.24, 2.45) is 0 Å². The van der Waals surface area contributed by atoms with E-state index in [1.54, 1.807) is 41.7 Å². The number of thiophene rings is 1. The molecule has 0 N–H and O–H groups in total. The molecule has 0 saturated heterocycles. The van der Waals surface area contributed by atoms with Crippen LogP contribution in [0.5, 0.6) is 0 Å². The van der Waals surface area contributed by atoms with Crippen LogP contribution in [0.2, 0.25) is 0 Å². The van der Waals surface area contributed by atoms with Crippen molar-refractivity contribution in [2.75, 3.05) is 0 Å². The Kier molecular flexibility index (Phi) is 4.34. The van der Waals surface area contributed by atoms with E-state index in [0.29, 0.717) is 11.1 Å². The summed E-state index contributed by atoms with van der Waals surface area (Å²) in [5.74, 6) is -0.436. The van der Waals surface area contributed by atoms with Gasteiger partial charge < -0.3 is 4.57 Å². The van der Waals surface area contributed by atoms with E-state index in [0.717, 1.165) is 46.8 Å². The first-order valence-corrected chi connectivity index (χ1v) is 11.0. The summed E-state index contributed by atoms with van der Waals surface area (Å²) < 4.78 is 2.10. The van der Waals surface area contributed by atoms with Gasteiger partial charge in [0.25, 0.3) is 0 Å². The number of aromatic nitrogens is 1. The van der Waals surface area contributed by atoms with Gasteiger partial charge >= 0.3 is 0 Å². The summed E-state index contributed by atoms with van der Waals surface area (Å²) in [6, 6.07) is 11.4. The number of hydrogen-bond donors (Lipinski definition) is 0. The Morgan fingerprint density at radius 3 is 2.40 bits per heavy atom. The zero-order chi connectivity index (χ0) is 21.0. The van der Waals surface area contributed by atoms with Crippen LogP contribution in [0.25, 0.3) is 11.1 Å². The van der Waals surface area contributed by atoms with Crippen molar-refractivity contribution in [3.8, 4) is 11.1 Å².